The Morgan fingerprint density at radius 3 is 2.86 bits per heavy atom. The smallest absolute Gasteiger partial charge is 0.0613 e. The van der Waals surface area contributed by atoms with E-state index in [9.17, 15) is 0 Å². The molecule has 2 heterocycles. The van der Waals surface area contributed by atoms with E-state index < -0.39 is 0 Å². The second-order valence-electron chi connectivity index (χ2n) is 3.10. The molecule has 0 aliphatic heterocycles. The number of aromatic amines is 1. The van der Waals surface area contributed by atoms with Gasteiger partial charge in [-0.25, -0.2) is 0 Å². The molecule has 0 unspecified atom stereocenters. The van der Waals surface area contributed by atoms with Crippen molar-refractivity contribution in [2.75, 3.05) is 0 Å². The van der Waals surface area contributed by atoms with Crippen LogP contribution in [0.25, 0.3) is 21.1 Å². The van der Waals surface area contributed by atoms with Crippen LogP contribution in [-0.2, 0) is 0 Å². The molecule has 0 fully saturated rings. The second kappa shape index (κ2) is 2.89. The van der Waals surface area contributed by atoms with Crippen LogP contribution in [0.4, 0.5) is 0 Å². The highest BCUT2D eigenvalue weighted by Gasteiger charge is 2.09. The topological polar surface area (TPSA) is 15.8 Å². The minimum absolute atomic E-state index is 0.663. The van der Waals surface area contributed by atoms with Crippen LogP contribution in [-0.4, -0.2) is 4.98 Å². The lowest BCUT2D eigenvalue weighted by atomic mass is 10.2. The van der Waals surface area contributed by atoms with E-state index >= 15 is 0 Å². The van der Waals surface area contributed by atoms with Gasteiger partial charge >= 0.3 is 0 Å². The molecule has 0 atom stereocenters. The van der Waals surface area contributed by atoms with E-state index in [2.05, 4.69) is 4.98 Å². The number of fused-ring (bicyclic) bond motifs is 3. The number of rotatable bonds is 0. The van der Waals surface area contributed by atoms with E-state index in [0.29, 0.717) is 10.0 Å². The Bertz CT molecular complexity index is 623. The molecule has 0 aliphatic rings. The first-order valence-corrected chi connectivity index (χ1v) is 5.73. The molecule has 70 valence electrons. The van der Waals surface area contributed by atoms with Gasteiger partial charge in [-0.05, 0) is 23.6 Å². The molecule has 1 N–H and O–H groups in total. The van der Waals surface area contributed by atoms with E-state index in [1.54, 1.807) is 17.4 Å². The van der Waals surface area contributed by atoms with E-state index in [-0.39, 0.29) is 0 Å². The van der Waals surface area contributed by atoms with Gasteiger partial charge in [-0.1, -0.05) is 23.2 Å². The quantitative estimate of drug-likeness (QED) is 0.588. The van der Waals surface area contributed by atoms with E-state index in [1.807, 2.05) is 17.5 Å². The molecule has 1 aromatic carbocycles. The van der Waals surface area contributed by atoms with Gasteiger partial charge in [0.15, 0.2) is 0 Å². The summed E-state index contributed by atoms with van der Waals surface area (Å²) in [7, 11) is 0. The molecule has 3 aromatic rings. The third kappa shape index (κ3) is 1.08. The van der Waals surface area contributed by atoms with Crippen molar-refractivity contribution in [1.29, 1.82) is 0 Å². The highest BCUT2D eigenvalue weighted by Crippen LogP contribution is 2.36. The molecule has 2 aromatic heterocycles. The summed E-state index contributed by atoms with van der Waals surface area (Å²) in [5.74, 6) is 0. The summed E-state index contributed by atoms with van der Waals surface area (Å²) in [6.45, 7) is 0. The van der Waals surface area contributed by atoms with Gasteiger partial charge in [0, 0.05) is 10.4 Å². The summed E-state index contributed by atoms with van der Waals surface area (Å²) in [4.78, 5) is 3.28. The maximum Gasteiger partial charge on any atom is 0.0613 e. The molecular formula is C10H5Cl2NS. The zero-order chi connectivity index (χ0) is 9.71. The number of hydrogen-bond acceptors (Lipinski definition) is 1. The number of thiophene rings is 1. The summed E-state index contributed by atoms with van der Waals surface area (Å²) in [5, 5.41) is 4.49. The fraction of sp³-hybridized carbons (Fsp3) is 0. The fourth-order valence-corrected chi connectivity index (χ4v) is 3.22. The number of halogens is 2. The van der Waals surface area contributed by atoms with Crippen LogP contribution >= 0.6 is 34.5 Å². The Labute approximate surface area is 94.3 Å². The van der Waals surface area contributed by atoms with Gasteiger partial charge in [0.25, 0.3) is 0 Å². The minimum atomic E-state index is 0.663. The number of H-pyrrole nitrogens is 1. The lowest BCUT2D eigenvalue weighted by Gasteiger charge is -1.95. The second-order valence-corrected chi connectivity index (χ2v) is 4.86. The normalized spacial score (nSPS) is 11.6. The van der Waals surface area contributed by atoms with Crippen molar-refractivity contribution in [2.24, 2.45) is 0 Å². The van der Waals surface area contributed by atoms with Crippen molar-refractivity contribution in [2.45, 2.75) is 0 Å². The molecular weight excluding hydrogens is 237 g/mol. The van der Waals surface area contributed by atoms with Crippen molar-refractivity contribution in [3.63, 3.8) is 0 Å². The third-order valence-corrected chi connectivity index (χ3v) is 3.66. The number of nitrogens with one attached hydrogen (secondary N) is 1. The highest BCUT2D eigenvalue weighted by molar-refractivity contribution is 7.18. The zero-order valence-corrected chi connectivity index (χ0v) is 9.30. The summed E-state index contributed by atoms with van der Waals surface area (Å²) in [5.41, 5.74) is 2.12. The van der Waals surface area contributed by atoms with E-state index in [1.165, 1.54) is 4.70 Å². The Morgan fingerprint density at radius 1 is 1.14 bits per heavy atom. The average molecular weight is 242 g/mol. The van der Waals surface area contributed by atoms with Crippen LogP contribution in [0.3, 0.4) is 0 Å². The Balaban J connectivity index is 2.62. The maximum atomic E-state index is 6.14. The van der Waals surface area contributed by atoms with Crippen LogP contribution < -0.4 is 0 Å². The lowest BCUT2D eigenvalue weighted by molar-refractivity contribution is 1.56. The first kappa shape index (κ1) is 8.60. The summed E-state index contributed by atoms with van der Waals surface area (Å²) in [6, 6.07) is 5.72. The average Bonchev–Trinajstić information content (AvgIpc) is 2.60. The fourth-order valence-electron chi connectivity index (χ4n) is 1.65. The van der Waals surface area contributed by atoms with Crippen LogP contribution in [0.2, 0.25) is 10.0 Å². The van der Waals surface area contributed by atoms with Gasteiger partial charge in [-0.2, -0.15) is 0 Å². The lowest BCUT2D eigenvalue weighted by Crippen LogP contribution is -1.70. The summed E-state index contributed by atoms with van der Waals surface area (Å²) in [6.07, 6.45) is 0. The van der Waals surface area contributed by atoms with Gasteiger partial charge < -0.3 is 4.98 Å². The summed E-state index contributed by atoms with van der Waals surface area (Å²) >= 11 is 13.7. The van der Waals surface area contributed by atoms with Crippen molar-refractivity contribution >= 4 is 55.7 Å². The van der Waals surface area contributed by atoms with Crippen molar-refractivity contribution in [3.8, 4) is 0 Å². The standard InChI is InChI=1S/C10H5Cl2NS/c11-5-3-6(12)9-8(4-5)13-7-1-2-14-10(7)9/h1-4,13H. The van der Waals surface area contributed by atoms with Crippen molar-refractivity contribution in [1.82, 2.24) is 4.98 Å². The van der Waals surface area contributed by atoms with Crippen LogP contribution in [0.15, 0.2) is 23.6 Å². The van der Waals surface area contributed by atoms with Gasteiger partial charge in [0.1, 0.15) is 0 Å². The van der Waals surface area contributed by atoms with Crippen LogP contribution in [0.5, 0.6) is 0 Å². The monoisotopic (exact) mass is 241 g/mol. The molecule has 0 bridgehead atoms. The molecule has 0 aliphatic carbocycles. The first-order valence-electron chi connectivity index (χ1n) is 4.09. The first-order chi connectivity index (χ1) is 6.75. The highest BCUT2D eigenvalue weighted by atomic mass is 35.5. The van der Waals surface area contributed by atoms with Crippen molar-refractivity contribution < 1.29 is 0 Å². The predicted molar refractivity (Wildman–Crippen MR) is 63.7 cm³/mol. The molecule has 0 saturated heterocycles. The zero-order valence-electron chi connectivity index (χ0n) is 6.97. The Hall–Kier alpha value is -0.700. The number of benzene rings is 1. The molecule has 3 rings (SSSR count). The van der Waals surface area contributed by atoms with Crippen molar-refractivity contribution in [3.05, 3.63) is 33.6 Å². The number of hydrogen-bond donors (Lipinski definition) is 1. The van der Waals surface area contributed by atoms with Crippen LogP contribution in [0, 0.1) is 0 Å². The largest absolute Gasteiger partial charge is 0.354 e. The molecule has 0 radical (unpaired) electrons. The van der Waals surface area contributed by atoms with Gasteiger partial charge in [-0.15, -0.1) is 11.3 Å². The third-order valence-electron chi connectivity index (χ3n) is 2.22. The summed E-state index contributed by atoms with van der Waals surface area (Å²) < 4.78 is 1.20. The maximum absolute atomic E-state index is 6.14. The van der Waals surface area contributed by atoms with Crippen LogP contribution in [0.1, 0.15) is 0 Å². The predicted octanol–water partition coefficient (Wildman–Crippen LogP) is 4.69. The molecule has 0 spiro atoms. The molecule has 14 heavy (non-hydrogen) atoms. The SMILES string of the molecule is Clc1cc(Cl)c2c(c1)[nH]c1ccsc12. The van der Waals surface area contributed by atoms with E-state index in [0.717, 1.165) is 16.4 Å². The van der Waals surface area contributed by atoms with E-state index in [4.69, 9.17) is 23.2 Å². The molecule has 0 amide bonds. The minimum Gasteiger partial charge on any atom is -0.354 e. The van der Waals surface area contributed by atoms with Gasteiger partial charge in [0.2, 0.25) is 0 Å². The number of aromatic nitrogens is 1. The molecule has 4 heteroatoms. The molecule has 0 saturated carbocycles. The van der Waals surface area contributed by atoms with Gasteiger partial charge in [-0.3, -0.25) is 0 Å². The Morgan fingerprint density at radius 2 is 2.00 bits per heavy atom. The Kier molecular flexibility index (Phi) is 1.78. The van der Waals surface area contributed by atoms with Gasteiger partial charge in [0.05, 0.1) is 20.8 Å². The molecule has 1 nitrogen and oxygen atoms in total.